The average Bonchev–Trinajstić information content (AvgIpc) is 3.12. The van der Waals surface area contributed by atoms with E-state index in [1.54, 1.807) is 18.2 Å². The molecule has 1 N–H and O–H groups in total. The molecule has 1 amide bonds. The summed E-state index contributed by atoms with van der Waals surface area (Å²) in [4.78, 5) is 26.2. The Bertz CT molecular complexity index is 985. The van der Waals surface area contributed by atoms with Crippen LogP contribution in [-0.2, 0) is 22.4 Å². The van der Waals surface area contributed by atoms with Crippen LogP contribution < -0.4 is 19.5 Å². The number of thiophene rings is 1. The number of anilines is 1. The third-order valence-electron chi connectivity index (χ3n) is 5.25. The minimum atomic E-state index is -0.420. The number of methoxy groups -OCH3 is 4. The van der Waals surface area contributed by atoms with E-state index in [4.69, 9.17) is 18.9 Å². The van der Waals surface area contributed by atoms with Gasteiger partial charge in [-0.2, -0.15) is 0 Å². The SMILES string of the molecule is COC(=O)c1c(NC(=O)C=Cc2cc(OC)c(OC)c(OC)c2)sc2c1CCC(C)C2. The number of rotatable bonds is 7. The standard InChI is InChI=1S/C23H27NO6S/c1-13-6-8-15-18(10-13)31-22(20(15)23(26)30-5)24-19(25)9-7-14-11-16(27-2)21(29-4)17(12-14)28-3/h7,9,11-13H,6,8,10H2,1-5H3,(H,24,25). The quantitative estimate of drug-likeness (QED) is 0.504. The molecule has 0 aliphatic heterocycles. The molecule has 0 spiro atoms. The van der Waals surface area contributed by atoms with Crippen LogP contribution in [0, 0.1) is 5.92 Å². The zero-order valence-corrected chi connectivity index (χ0v) is 19.2. The summed E-state index contributed by atoms with van der Waals surface area (Å²) >= 11 is 1.45. The van der Waals surface area contributed by atoms with E-state index in [0.29, 0.717) is 39.3 Å². The largest absolute Gasteiger partial charge is 0.493 e. The summed E-state index contributed by atoms with van der Waals surface area (Å²) in [5, 5.41) is 3.39. The summed E-state index contributed by atoms with van der Waals surface area (Å²) in [7, 11) is 5.95. The summed E-state index contributed by atoms with van der Waals surface area (Å²) in [5.41, 5.74) is 2.18. The lowest BCUT2D eigenvalue weighted by atomic mass is 9.88. The highest BCUT2D eigenvalue weighted by Crippen LogP contribution is 2.40. The van der Waals surface area contributed by atoms with E-state index in [9.17, 15) is 9.59 Å². The fraction of sp³-hybridized carbons (Fsp3) is 0.391. The number of carbonyl (C=O) groups excluding carboxylic acids is 2. The van der Waals surface area contributed by atoms with Gasteiger partial charge < -0.3 is 24.3 Å². The van der Waals surface area contributed by atoms with Crippen LogP contribution in [0.5, 0.6) is 17.2 Å². The maximum Gasteiger partial charge on any atom is 0.341 e. The number of carbonyl (C=O) groups is 2. The molecule has 8 heteroatoms. The maximum atomic E-state index is 12.6. The first kappa shape index (κ1) is 22.7. The predicted molar refractivity (Wildman–Crippen MR) is 121 cm³/mol. The Morgan fingerprint density at radius 1 is 1.10 bits per heavy atom. The highest BCUT2D eigenvalue weighted by Gasteiger charge is 2.28. The van der Waals surface area contributed by atoms with Crippen LogP contribution in [0.3, 0.4) is 0 Å². The van der Waals surface area contributed by atoms with Crippen LogP contribution in [0.15, 0.2) is 18.2 Å². The lowest BCUT2D eigenvalue weighted by molar-refractivity contribution is -0.111. The summed E-state index contributed by atoms with van der Waals surface area (Å²) in [6.45, 7) is 2.19. The molecule has 0 fully saturated rings. The van der Waals surface area contributed by atoms with Crippen molar-refractivity contribution in [2.45, 2.75) is 26.2 Å². The summed E-state index contributed by atoms with van der Waals surface area (Å²) in [6, 6.07) is 3.49. The Balaban J connectivity index is 1.84. The lowest BCUT2D eigenvalue weighted by Gasteiger charge is -2.18. The number of amides is 1. The van der Waals surface area contributed by atoms with Gasteiger partial charge in [0.15, 0.2) is 11.5 Å². The summed E-state index contributed by atoms with van der Waals surface area (Å²) in [6.07, 6.45) is 5.79. The van der Waals surface area contributed by atoms with Crippen LogP contribution in [0.2, 0.25) is 0 Å². The molecule has 0 saturated heterocycles. The normalized spacial score (nSPS) is 15.3. The third kappa shape index (κ3) is 4.85. The molecule has 0 saturated carbocycles. The minimum Gasteiger partial charge on any atom is -0.493 e. The third-order valence-corrected chi connectivity index (χ3v) is 6.42. The molecule has 1 aliphatic carbocycles. The van der Waals surface area contributed by atoms with Crippen molar-refractivity contribution >= 4 is 34.3 Å². The fourth-order valence-corrected chi connectivity index (χ4v) is 5.08. The topological polar surface area (TPSA) is 83.1 Å². The van der Waals surface area contributed by atoms with Gasteiger partial charge in [-0.1, -0.05) is 6.92 Å². The van der Waals surface area contributed by atoms with Gasteiger partial charge in [0.2, 0.25) is 11.7 Å². The Labute approximate surface area is 186 Å². The second-order valence-corrected chi connectivity index (χ2v) is 8.43. The molecule has 3 rings (SSSR count). The minimum absolute atomic E-state index is 0.342. The first-order valence-corrected chi connectivity index (χ1v) is 10.7. The zero-order chi connectivity index (χ0) is 22.5. The van der Waals surface area contributed by atoms with Crippen molar-refractivity contribution in [3.63, 3.8) is 0 Å². The average molecular weight is 446 g/mol. The first-order chi connectivity index (χ1) is 14.9. The molecule has 7 nitrogen and oxygen atoms in total. The molecule has 1 aromatic carbocycles. The highest BCUT2D eigenvalue weighted by atomic mass is 32.1. The van der Waals surface area contributed by atoms with E-state index in [0.717, 1.165) is 29.7 Å². The number of hydrogen-bond acceptors (Lipinski definition) is 7. The van der Waals surface area contributed by atoms with E-state index in [1.807, 2.05) is 0 Å². The van der Waals surface area contributed by atoms with Crippen molar-refractivity contribution < 1.29 is 28.5 Å². The van der Waals surface area contributed by atoms with Crippen molar-refractivity contribution in [1.29, 1.82) is 0 Å². The van der Waals surface area contributed by atoms with E-state index < -0.39 is 5.97 Å². The molecule has 1 unspecified atom stereocenters. The molecule has 0 bridgehead atoms. The Morgan fingerprint density at radius 2 is 1.77 bits per heavy atom. The van der Waals surface area contributed by atoms with Gasteiger partial charge in [-0.15, -0.1) is 11.3 Å². The van der Waals surface area contributed by atoms with Gasteiger partial charge in [-0.25, -0.2) is 4.79 Å². The highest BCUT2D eigenvalue weighted by molar-refractivity contribution is 7.17. The number of fused-ring (bicyclic) bond motifs is 1. The van der Waals surface area contributed by atoms with Crippen LogP contribution in [0.4, 0.5) is 5.00 Å². The molecule has 1 aromatic heterocycles. The van der Waals surface area contributed by atoms with Gasteiger partial charge >= 0.3 is 5.97 Å². The molecular formula is C23H27NO6S. The molecule has 31 heavy (non-hydrogen) atoms. The second kappa shape index (κ2) is 9.87. The smallest absolute Gasteiger partial charge is 0.341 e. The number of esters is 1. The number of ether oxygens (including phenoxy) is 4. The van der Waals surface area contributed by atoms with Crippen molar-refractivity contribution in [3.8, 4) is 17.2 Å². The van der Waals surface area contributed by atoms with Gasteiger partial charge in [0.1, 0.15) is 5.00 Å². The zero-order valence-electron chi connectivity index (χ0n) is 18.4. The number of benzene rings is 1. The molecule has 1 atom stereocenters. The van der Waals surface area contributed by atoms with E-state index >= 15 is 0 Å². The summed E-state index contributed by atoms with van der Waals surface area (Å²) in [5.74, 6) is 1.26. The van der Waals surface area contributed by atoms with Crippen molar-refractivity contribution in [3.05, 3.63) is 39.8 Å². The monoisotopic (exact) mass is 445 g/mol. The molecular weight excluding hydrogens is 418 g/mol. The molecule has 0 radical (unpaired) electrons. The van der Waals surface area contributed by atoms with Gasteiger partial charge in [0.25, 0.3) is 0 Å². The van der Waals surface area contributed by atoms with Gasteiger partial charge in [-0.05, 0) is 54.5 Å². The molecule has 2 aromatic rings. The Hall–Kier alpha value is -3.00. The van der Waals surface area contributed by atoms with Crippen LogP contribution in [0.1, 0.15) is 39.7 Å². The van der Waals surface area contributed by atoms with Gasteiger partial charge in [0, 0.05) is 11.0 Å². The first-order valence-electron chi connectivity index (χ1n) is 9.93. The van der Waals surface area contributed by atoms with E-state index in [2.05, 4.69) is 12.2 Å². The Kier molecular flexibility index (Phi) is 7.22. The molecule has 1 aliphatic rings. The van der Waals surface area contributed by atoms with Crippen LogP contribution in [-0.4, -0.2) is 40.3 Å². The van der Waals surface area contributed by atoms with Crippen molar-refractivity contribution in [2.75, 3.05) is 33.8 Å². The number of hydrogen-bond donors (Lipinski definition) is 1. The van der Waals surface area contributed by atoms with Crippen LogP contribution in [0.25, 0.3) is 6.08 Å². The molecule has 166 valence electrons. The van der Waals surface area contributed by atoms with Gasteiger partial charge in [-0.3, -0.25) is 4.79 Å². The second-order valence-electron chi connectivity index (χ2n) is 7.33. The Morgan fingerprint density at radius 3 is 2.35 bits per heavy atom. The van der Waals surface area contributed by atoms with E-state index in [-0.39, 0.29) is 5.91 Å². The van der Waals surface area contributed by atoms with Crippen LogP contribution >= 0.6 is 11.3 Å². The van der Waals surface area contributed by atoms with Crippen molar-refractivity contribution in [2.24, 2.45) is 5.92 Å². The maximum absolute atomic E-state index is 12.6. The summed E-state index contributed by atoms with van der Waals surface area (Å²) < 4.78 is 21.0. The fourth-order valence-electron chi connectivity index (χ4n) is 3.68. The van der Waals surface area contributed by atoms with Gasteiger partial charge in [0.05, 0.1) is 34.0 Å². The lowest BCUT2D eigenvalue weighted by Crippen LogP contribution is -2.14. The predicted octanol–water partition coefficient (Wildman–Crippen LogP) is 4.34. The molecule has 1 heterocycles. The van der Waals surface area contributed by atoms with E-state index in [1.165, 1.54) is 45.9 Å². The van der Waals surface area contributed by atoms with Crippen molar-refractivity contribution in [1.82, 2.24) is 0 Å². The number of nitrogens with one attached hydrogen (secondary N) is 1.